The topological polar surface area (TPSA) is 117 Å². The Bertz CT molecular complexity index is 1120. The predicted octanol–water partition coefficient (Wildman–Crippen LogP) is 3.65. The van der Waals surface area contributed by atoms with Crippen LogP contribution in [0.1, 0.15) is 44.1 Å². The highest BCUT2D eigenvalue weighted by molar-refractivity contribution is 7.17. The largest absolute Gasteiger partial charge is 0.493 e. The first kappa shape index (κ1) is 20.0. The zero-order valence-corrected chi connectivity index (χ0v) is 17.4. The van der Waals surface area contributed by atoms with Gasteiger partial charge in [0.15, 0.2) is 23.0 Å². The van der Waals surface area contributed by atoms with Crippen LogP contribution in [0.4, 0.5) is 5.00 Å². The van der Waals surface area contributed by atoms with Crippen LogP contribution in [0.25, 0.3) is 11.3 Å². The molecule has 0 unspecified atom stereocenters. The molecule has 0 radical (unpaired) electrons. The zero-order chi connectivity index (χ0) is 21.3. The van der Waals surface area contributed by atoms with E-state index >= 15 is 0 Å². The van der Waals surface area contributed by atoms with Crippen molar-refractivity contribution < 1.29 is 23.6 Å². The molecule has 156 valence electrons. The Morgan fingerprint density at radius 1 is 1.13 bits per heavy atom. The molecule has 0 atom stereocenters. The lowest BCUT2D eigenvalue weighted by Crippen LogP contribution is -2.18. The number of nitrogens with zero attached hydrogens (tertiary/aromatic N) is 1. The van der Waals surface area contributed by atoms with Gasteiger partial charge in [0, 0.05) is 16.5 Å². The minimum atomic E-state index is -0.532. The van der Waals surface area contributed by atoms with Gasteiger partial charge in [-0.3, -0.25) is 9.59 Å². The van der Waals surface area contributed by atoms with Crippen molar-refractivity contribution in [1.29, 1.82) is 0 Å². The Hall–Kier alpha value is -3.33. The van der Waals surface area contributed by atoms with Crippen LogP contribution >= 0.6 is 11.3 Å². The van der Waals surface area contributed by atoms with E-state index in [0.717, 1.165) is 36.1 Å². The van der Waals surface area contributed by atoms with Gasteiger partial charge in [-0.05, 0) is 49.4 Å². The third-order valence-corrected chi connectivity index (χ3v) is 6.26. The molecule has 2 aromatic heterocycles. The maximum absolute atomic E-state index is 12.7. The smallest absolute Gasteiger partial charge is 0.278 e. The lowest BCUT2D eigenvalue weighted by Gasteiger charge is -2.11. The Kier molecular flexibility index (Phi) is 5.45. The lowest BCUT2D eigenvalue weighted by molar-refractivity contribution is 0.100. The average molecular weight is 427 g/mol. The van der Waals surface area contributed by atoms with Crippen molar-refractivity contribution in [2.75, 3.05) is 19.5 Å². The number of rotatable bonds is 6. The first-order chi connectivity index (χ1) is 14.5. The van der Waals surface area contributed by atoms with Gasteiger partial charge in [-0.2, -0.15) is 0 Å². The van der Waals surface area contributed by atoms with Crippen molar-refractivity contribution in [1.82, 2.24) is 5.16 Å². The molecular weight excluding hydrogens is 406 g/mol. The third-order valence-electron chi connectivity index (χ3n) is 5.06. The van der Waals surface area contributed by atoms with Crippen molar-refractivity contribution >= 4 is 28.2 Å². The van der Waals surface area contributed by atoms with E-state index in [1.54, 1.807) is 25.3 Å². The molecule has 1 aliphatic rings. The molecule has 2 heterocycles. The minimum absolute atomic E-state index is 0.0987. The summed E-state index contributed by atoms with van der Waals surface area (Å²) in [6.07, 6.45) is 3.77. The molecule has 30 heavy (non-hydrogen) atoms. The molecule has 3 N–H and O–H groups in total. The monoisotopic (exact) mass is 427 g/mol. The summed E-state index contributed by atoms with van der Waals surface area (Å²) in [6.45, 7) is 0. The number of methoxy groups -OCH3 is 2. The summed E-state index contributed by atoms with van der Waals surface area (Å²) < 4.78 is 15.9. The molecule has 0 aliphatic heterocycles. The van der Waals surface area contributed by atoms with Gasteiger partial charge in [0.2, 0.25) is 0 Å². The summed E-state index contributed by atoms with van der Waals surface area (Å²) in [4.78, 5) is 25.9. The number of carbonyl (C=O) groups is 2. The molecule has 1 aromatic carbocycles. The fraction of sp³-hybridized carbons (Fsp3) is 0.286. The number of primary amides is 1. The average Bonchev–Trinajstić information content (AvgIpc) is 3.38. The number of anilines is 1. The van der Waals surface area contributed by atoms with Crippen molar-refractivity contribution in [2.24, 2.45) is 5.73 Å². The normalized spacial score (nSPS) is 12.9. The number of hydrogen-bond acceptors (Lipinski definition) is 7. The van der Waals surface area contributed by atoms with Gasteiger partial charge < -0.3 is 25.0 Å². The summed E-state index contributed by atoms with van der Waals surface area (Å²) >= 11 is 1.40. The number of ether oxygens (including phenoxy) is 2. The van der Waals surface area contributed by atoms with Crippen LogP contribution in [0.3, 0.4) is 0 Å². The van der Waals surface area contributed by atoms with Crippen LogP contribution in [-0.2, 0) is 12.8 Å². The molecule has 0 saturated heterocycles. The number of nitrogens with two attached hydrogens (primary N) is 1. The summed E-state index contributed by atoms with van der Waals surface area (Å²) in [5.74, 6) is 0.524. The highest BCUT2D eigenvalue weighted by Crippen LogP contribution is 2.38. The van der Waals surface area contributed by atoms with Crippen LogP contribution in [0.15, 0.2) is 28.8 Å². The summed E-state index contributed by atoms with van der Waals surface area (Å²) in [5.41, 5.74) is 7.74. The van der Waals surface area contributed by atoms with E-state index in [1.807, 2.05) is 0 Å². The zero-order valence-electron chi connectivity index (χ0n) is 16.6. The molecule has 9 heteroatoms. The van der Waals surface area contributed by atoms with E-state index in [1.165, 1.54) is 24.5 Å². The third kappa shape index (κ3) is 3.63. The number of amides is 2. The second-order valence-electron chi connectivity index (χ2n) is 6.88. The molecule has 4 rings (SSSR count). The summed E-state index contributed by atoms with van der Waals surface area (Å²) in [6, 6.07) is 6.79. The molecule has 0 spiro atoms. The number of fused-ring (bicyclic) bond motifs is 1. The quantitative estimate of drug-likeness (QED) is 0.620. The molecular formula is C21H21N3O5S. The number of benzene rings is 1. The Morgan fingerprint density at radius 3 is 2.63 bits per heavy atom. The van der Waals surface area contributed by atoms with Crippen LogP contribution in [-0.4, -0.2) is 31.2 Å². The first-order valence-corrected chi connectivity index (χ1v) is 10.3. The van der Waals surface area contributed by atoms with Gasteiger partial charge >= 0.3 is 0 Å². The maximum atomic E-state index is 12.7. The highest BCUT2D eigenvalue weighted by Gasteiger charge is 2.26. The fourth-order valence-electron chi connectivity index (χ4n) is 3.59. The SMILES string of the molecule is COc1ccc(-c2cc(C(=O)Nc3sc4c(c3C(N)=O)CCCC4)no2)cc1OC. The fourth-order valence-corrected chi connectivity index (χ4v) is 4.88. The van der Waals surface area contributed by atoms with Gasteiger partial charge in [0.1, 0.15) is 5.00 Å². The van der Waals surface area contributed by atoms with Gasteiger partial charge in [-0.15, -0.1) is 11.3 Å². The second kappa shape index (κ2) is 8.19. The van der Waals surface area contributed by atoms with Crippen molar-refractivity contribution in [3.05, 3.63) is 46.0 Å². The van der Waals surface area contributed by atoms with Crippen molar-refractivity contribution in [3.8, 4) is 22.8 Å². The summed E-state index contributed by atoms with van der Waals surface area (Å²) in [5, 5.41) is 7.12. The standard InChI is InChI=1S/C21H21N3O5S/c1-27-14-8-7-11(9-16(14)28-2)15-10-13(24-29-15)20(26)23-21-18(19(22)25)12-5-3-4-6-17(12)30-21/h7-10H,3-6H2,1-2H3,(H2,22,25)(H,23,26). The van der Waals surface area contributed by atoms with E-state index < -0.39 is 11.8 Å². The number of thiophene rings is 1. The molecule has 0 bridgehead atoms. The molecule has 1 aliphatic carbocycles. The van der Waals surface area contributed by atoms with E-state index in [4.69, 9.17) is 19.7 Å². The van der Waals surface area contributed by atoms with Crippen molar-refractivity contribution in [2.45, 2.75) is 25.7 Å². The van der Waals surface area contributed by atoms with Crippen LogP contribution in [0.2, 0.25) is 0 Å². The van der Waals surface area contributed by atoms with E-state index in [9.17, 15) is 9.59 Å². The van der Waals surface area contributed by atoms with Crippen LogP contribution in [0.5, 0.6) is 11.5 Å². The van der Waals surface area contributed by atoms with Gasteiger partial charge in [-0.25, -0.2) is 0 Å². The molecule has 2 amide bonds. The number of carbonyl (C=O) groups excluding carboxylic acids is 2. The molecule has 0 saturated carbocycles. The van der Waals surface area contributed by atoms with Crippen molar-refractivity contribution in [3.63, 3.8) is 0 Å². The Labute approximate surface area is 177 Å². The predicted molar refractivity (Wildman–Crippen MR) is 112 cm³/mol. The van der Waals surface area contributed by atoms with E-state index in [2.05, 4.69) is 10.5 Å². The number of nitrogens with one attached hydrogen (secondary N) is 1. The summed E-state index contributed by atoms with van der Waals surface area (Å²) in [7, 11) is 3.09. The minimum Gasteiger partial charge on any atom is -0.493 e. The van der Waals surface area contributed by atoms with Gasteiger partial charge in [0.05, 0.1) is 19.8 Å². The van der Waals surface area contributed by atoms with E-state index in [0.29, 0.717) is 33.4 Å². The number of hydrogen-bond donors (Lipinski definition) is 2. The Balaban J connectivity index is 1.59. The van der Waals surface area contributed by atoms with Gasteiger partial charge in [-0.1, -0.05) is 5.16 Å². The van der Waals surface area contributed by atoms with Crippen LogP contribution in [0, 0.1) is 0 Å². The number of aromatic nitrogens is 1. The van der Waals surface area contributed by atoms with Crippen LogP contribution < -0.4 is 20.5 Å². The highest BCUT2D eigenvalue weighted by atomic mass is 32.1. The lowest BCUT2D eigenvalue weighted by atomic mass is 9.95. The van der Waals surface area contributed by atoms with Gasteiger partial charge in [0.25, 0.3) is 11.8 Å². The molecule has 3 aromatic rings. The second-order valence-corrected chi connectivity index (χ2v) is 7.98. The first-order valence-electron chi connectivity index (χ1n) is 9.46. The molecule has 8 nitrogen and oxygen atoms in total. The molecule has 0 fully saturated rings. The maximum Gasteiger partial charge on any atom is 0.278 e. The van der Waals surface area contributed by atoms with E-state index in [-0.39, 0.29) is 5.69 Å². The number of aryl methyl sites for hydroxylation is 1. The Morgan fingerprint density at radius 2 is 1.90 bits per heavy atom.